The number of hydrogen-bond donors (Lipinski definition) is 0. The lowest BCUT2D eigenvalue weighted by Crippen LogP contribution is -2.29. The fourth-order valence-corrected chi connectivity index (χ4v) is 1.66. The van der Waals surface area contributed by atoms with Gasteiger partial charge < -0.3 is 9.47 Å². The molecule has 0 aliphatic carbocycles. The van der Waals surface area contributed by atoms with Gasteiger partial charge in [-0.25, -0.2) is 9.59 Å². The highest BCUT2D eigenvalue weighted by atomic mass is 19.4. The Morgan fingerprint density at radius 3 is 2.00 bits per heavy atom. The van der Waals surface area contributed by atoms with Gasteiger partial charge in [-0.1, -0.05) is 18.2 Å². The molecule has 0 fully saturated rings. The minimum Gasteiger partial charge on any atom is -0.459 e. The molecule has 0 N–H and O–H groups in total. The van der Waals surface area contributed by atoms with Gasteiger partial charge in [0.15, 0.2) is 0 Å². The van der Waals surface area contributed by atoms with E-state index in [1.165, 1.54) is 6.92 Å². The van der Waals surface area contributed by atoms with Gasteiger partial charge in [0.05, 0.1) is 17.8 Å². The number of hydrogen-bond acceptors (Lipinski definition) is 4. The summed E-state index contributed by atoms with van der Waals surface area (Å²) < 4.78 is 45.5. The number of alkyl halides is 3. The van der Waals surface area contributed by atoms with E-state index in [9.17, 15) is 22.8 Å². The molecule has 22 heavy (non-hydrogen) atoms. The van der Waals surface area contributed by atoms with E-state index in [0.29, 0.717) is 5.56 Å². The summed E-state index contributed by atoms with van der Waals surface area (Å²) in [7, 11) is 0. The fraction of sp³-hybridized carbons (Fsp3) is 0.467. The molecular formula is C15H17F3O4. The number of benzene rings is 1. The van der Waals surface area contributed by atoms with E-state index >= 15 is 0 Å². The fourth-order valence-electron chi connectivity index (χ4n) is 1.66. The molecule has 0 spiro atoms. The van der Waals surface area contributed by atoms with Crippen molar-refractivity contribution in [1.29, 1.82) is 0 Å². The molecule has 0 aliphatic rings. The zero-order valence-electron chi connectivity index (χ0n) is 12.2. The average molecular weight is 318 g/mol. The van der Waals surface area contributed by atoms with Crippen molar-refractivity contribution >= 4 is 11.9 Å². The smallest absolute Gasteiger partial charge is 0.459 e. The topological polar surface area (TPSA) is 52.6 Å². The zero-order chi connectivity index (χ0) is 16.8. The largest absolute Gasteiger partial charge is 0.490 e. The summed E-state index contributed by atoms with van der Waals surface area (Å²) in [5, 5.41) is 0. The van der Waals surface area contributed by atoms with Crippen LogP contribution in [0.4, 0.5) is 13.2 Å². The van der Waals surface area contributed by atoms with Crippen molar-refractivity contribution in [1.82, 2.24) is 0 Å². The van der Waals surface area contributed by atoms with Crippen molar-refractivity contribution < 1.29 is 32.2 Å². The van der Waals surface area contributed by atoms with Gasteiger partial charge in [0.2, 0.25) is 0 Å². The lowest BCUT2D eigenvalue weighted by atomic mass is 10.1. The standard InChI is InChI=1S/C15H17F3O4/c1-10(21-13(19)12-6-4-3-5-7-12)8-9-11(2)22-14(20)15(16,17)18/h3-7,10-11H,8-9H2,1-2H3. The predicted molar refractivity (Wildman–Crippen MR) is 72.2 cm³/mol. The van der Waals surface area contributed by atoms with Gasteiger partial charge >= 0.3 is 18.1 Å². The zero-order valence-corrected chi connectivity index (χ0v) is 12.2. The number of carbonyl (C=O) groups is 2. The Kier molecular flexibility index (Phi) is 6.39. The maximum atomic E-state index is 12.0. The summed E-state index contributed by atoms with van der Waals surface area (Å²) in [4.78, 5) is 22.4. The van der Waals surface area contributed by atoms with Crippen LogP contribution in [-0.4, -0.2) is 30.3 Å². The molecule has 7 heteroatoms. The molecular weight excluding hydrogens is 301 g/mol. The number of rotatable bonds is 6. The van der Waals surface area contributed by atoms with Crippen LogP contribution in [0.25, 0.3) is 0 Å². The van der Waals surface area contributed by atoms with Gasteiger partial charge in [-0.05, 0) is 38.8 Å². The number of esters is 2. The van der Waals surface area contributed by atoms with Crippen LogP contribution >= 0.6 is 0 Å². The van der Waals surface area contributed by atoms with Crippen LogP contribution in [-0.2, 0) is 14.3 Å². The molecule has 0 heterocycles. The monoisotopic (exact) mass is 318 g/mol. The highest BCUT2D eigenvalue weighted by molar-refractivity contribution is 5.89. The van der Waals surface area contributed by atoms with Gasteiger partial charge in [-0.3, -0.25) is 0 Å². The van der Waals surface area contributed by atoms with Gasteiger partial charge in [0.1, 0.15) is 0 Å². The SMILES string of the molecule is CC(CCC(C)OC(=O)C(F)(F)F)OC(=O)c1ccccc1. The molecule has 2 atom stereocenters. The summed E-state index contributed by atoms with van der Waals surface area (Å²) in [5.41, 5.74) is 0.394. The van der Waals surface area contributed by atoms with E-state index in [0.717, 1.165) is 0 Å². The second-order valence-corrected chi connectivity index (χ2v) is 4.87. The Hall–Kier alpha value is -2.05. The molecule has 0 saturated carbocycles. The molecule has 0 radical (unpaired) electrons. The summed E-state index contributed by atoms with van der Waals surface area (Å²) in [5.74, 6) is -2.72. The third-order valence-electron chi connectivity index (χ3n) is 2.84. The highest BCUT2D eigenvalue weighted by Crippen LogP contribution is 2.19. The Morgan fingerprint density at radius 2 is 1.50 bits per heavy atom. The number of halogens is 3. The third kappa shape index (κ3) is 6.15. The maximum absolute atomic E-state index is 12.0. The Bertz CT molecular complexity index is 499. The van der Waals surface area contributed by atoms with Crippen molar-refractivity contribution in [3.05, 3.63) is 35.9 Å². The Balaban J connectivity index is 2.35. The molecule has 0 aromatic heterocycles. The van der Waals surface area contributed by atoms with Crippen LogP contribution in [0.15, 0.2) is 30.3 Å². The van der Waals surface area contributed by atoms with Crippen LogP contribution in [0.2, 0.25) is 0 Å². The van der Waals surface area contributed by atoms with Crippen LogP contribution < -0.4 is 0 Å². The first-order valence-corrected chi connectivity index (χ1v) is 6.74. The number of carbonyl (C=O) groups excluding carboxylic acids is 2. The second kappa shape index (κ2) is 7.82. The molecule has 0 saturated heterocycles. The van der Waals surface area contributed by atoms with Gasteiger partial charge in [-0.15, -0.1) is 0 Å². The quantitative estimate of drug-likeness (QED) is 0.753. The lowest BCUT2D eigenvalue weighted by molar-refractivity contribution is -0.204. The first kappa shape index (κ1) is 18.0. The molecule has 122 valence electrons. The van der Waals surface area contributed by atoms with Crippen LogP contribution in [0, 0.1) is 0 Å². The molecule has 2 unspecified atom stereocenters. The van der Waals surface area contributed by atoms with E-state index < -0.39 is 30.3 Å². The van der Waals surface area contributed by atoms with Crippen LogP contribution in [0.5, 0.6) is 0 Å². The summed E-state index contributed by atoms with van der Waals surface area (Å²) in [6.45, 7) is 2.98. The average Bonchev–Trinajstić information content (AvgIpc) is 2.45. The van der Waals surface area contributed by atoms with E-state index in [-0.39, 0.29) is 12.8 Å². The molecule has 0 amide bonds. The molecule has 1 rings (SSSR count). The summed E-state index contributed by atoms with van der Waals surface area (Å²) in [6, 6.07) is 8.35. The maximum Gasteiger partial charge on any atom is 0.490 e. The van der Waals surface area contributed by atoms with Crippen LogP contribution in [0.3, 0.4) is 0 Å². The predicted octanol–water partition coefficient (Wildman–Crippen LogP) is 3.51. The van der Waals surface area contributed by atoms with Crippen molar-refractivity contribution in [3.8, 4) is 0 Å². The summed E-state index contributed by atoms with van der Waals surface area (Å²) in [6.07, 6.45) is -5.97. The molecule has 4 nitrogen and oxygen atoms in total. The molecule has 0 aliphatic heterocycles. The van der Waals surface area contributed by atoms with Gasteiger partial charge in [0.25, 0.3) is 0 Å². The van der Waals surface area contributed by atoms with Crippen molar-refractivity contribution in [2.75, 3.05) is 0 Å². The second-order valence-electron chi connectivity index (χ2n) is 4.87. The van der Waals surface area contributed by atoms with Gasteiger partial charge in [0, 0.05) is 0 Å². The first-order valence-electron chi connectivity index (χ1n) is 6.74. The third-order valence-corrected chi connectivity index (χ3v) is 2.84. The first-order chi connectivity index (χ1) is 10.2. The summed E-state index contributed by atoms with van der Waals surface area (Å²) >= 11 is 0. The molecule has 0 bridgehead atoms. The Morgan fingerprint density at radius 1 is 1.00 bits per heavy atom. The van der Waals surface area contributed by atoms with Crippen LogP contribution in [0.1, 0.15) is 37.0 Å². The number of ether oxygens (including phenoxy) is 2. The van der Waals surface area contributed by atoms with Crippen molar-refractivity contribution in [2.24, 2.45) is 0 Å². The molecule has 1 aromatic rings. The minimum absolute atomic E-state index is 0.158. The van der Waals surface area contributed by atoms with Crippen molar-refractivity contribution in [3.63, 3.8) is 0 Å². The van der Waals surface area contributed by atoms with E-state index in [1.54, 1.807) is 37.3 Å². The minimum atomic E-state index is -5.00. The van der Waals surface area contributed by atoms with E-state index in [4.69, 9.17) is 4.74 Å². The lowest BCUT2D eigenvalue weighted by Gasteiger charge is -2.17. The van der Waals surface area contributed by atoms with Crippen molar-refractivity contribution in [2.45, 2.75) is 45.1 Å². The van der Waals surface area contributed by atoms with E-state index in [1.807, 2.05) is 0 Å². The van der Waals surface area contributed by atoms with Gasteiger partial charge in [-0.2, -0.15) is 13.2 Å². The van der Waals surface area contributed by atoms with E-state index in [2.05, 4.69) is 4.74 Å². The highest BCUT2D eigenvalue weighted by Gasteiger charge is 2.41. The Labute approximate surface area is 126 Å². The normalized spacial score (nSPS) is 14.0. The molecule has 1 aromatic carbocycles.